The summed E-state index contributed by atoms with van der Waals surface area (Å²) in [6.45, 7) is 0.851. The van der Waals surface area contributed by atoms with Gasteiger partial charge in [0.05, 0.1) is 5.56 Å². The molecule has 0 unspecified atom stereocenters. The molecule has 17 heavy (non-hydrogen) atoms. The summed E-state index contributed by atoms with van der Waals surface area (Å²) in [5.74, 6) is -0.204. The molecule has 0 N–H and O–H groups in total. The Morgan fingerprint density at radius 1 is 1.47 bits per heavy atom. The van der Waals surface area contributed by atoms with Crippen LogP contribution in [0.15, 0.2) is 22.7 Å². The largest absolute Gasteiger partial charge is 0.480 e. The van der Waals surface area contributed by atoms with Crippen LogP contribution in [0, 0.1) is 0 Å². The van der Waals surface area contributed by atoms with Crippen molar-refractivity contribution in [1.29, 1.82) is 0 Å². The second-order valence-corrected chi connectivity index (χ2v) is 4.47. The lowest BCUT2D eigenvalue weighted by Gasteiger charge is -2.19. The number of hydrogen-bond acceptors (Lipinski definition) is 2. The molecule has 2 nitrogen and oxygen atoms in total. The van der Waals surface area contributed by atoms with Gasteiger partial charge in [-0.25, -0.2) is 0 Å². The van der Waals surface area contributed by atoms with E-state index < -0.39 is 17.5 Å². The Labute approximate surface area is 109 Å². The van der Waals surface area contributed by atoms with E-state index in [0.717, 1.165) is 6.92 Å². The third kappa shape index (κ3) is 3.89. The number of alkyl halides is 3. The van der Waals surface area contributed by atoms with Gasteiger partial charge in [-0.2, -0.15) is 13.2 Å². The normalized spacial score (nSPS) is 13.3. The first-order valence-electron chi connectivity index (χ1n) is 4.44. The van der Waals surface area contributed by atoms with Crippen molar-refractivity contribution in [1.82, 2.24) is 0 Å². The zero-order chi connectivity index (χ0) is 13.2. The van der Waals surface area contributed by atoms with E-state index in [9.17, 15) is 18.0 Å². The van der Waals surface area contributed by atoms with E-state index in [1.54, 1.807) is 0 Å². The second kappa shape index (κ2) is 5.27. The molecule has 1 aromatic carbocycles. The van der Waals surface area contributed by atoms with Crippen LogP contribution in [0.1, 0.15) is 17.3 Å². The lowest BCUT2D eigenvalue weighted by molar-refractivity contribution is -0.189. The van der Waals surface area contributed by atoms with Crippen molar-refractivity contribution < 1.29 is 22.7 Å². The highest BCUT2D eigenvalue weighted by Gasteiger charge is 2.38. The number of carbonyl (C=O) groups excluding carboxylic acids is 1. The first-order valence-corrected chi connectivity index (χ1v) is 5.61. The van der Waals surface area contributed by atoms with Crippen molar-refractivity contribution in [2.45, 2.75) is 19.2 Å². The Morgan fingerprint density at radius 3 is 2.53 bits per heavy atom. The summed E-state index contributed by atoms with van der Waals surface area (Å²) in [6.07, 6.45) is -6.53. The molecule has 0 fully saturated rings. The topological polar surface area (TPSA) is 26.3 Å². The van der Waals surface area contributed by atoms with Crippen LogP contribution in [0.5, 0.6) is 5.75 Å². The second-order valence-electron chi connectivity index (χ2n) is 3.22. The van der Waals surface area contributed by atoms with Crippen LogP contribution in [-0.2, 0) is 0 Å². The third-order valence-electron chi connectivity index (χ3n) is 1.92. The van der Waals surface area contributed by atoms with Crippen LogP contribution in [-0.4, -0.2) is 17.5 Å². The Kier molecular flexibility index (Phi) is 4.43. The molecule has 0 aromatic heterocycles. The molecule has 1 rings (SSSR count). The van der Waals surface area contributed by atoms with Crippen LogP contribution in [0.25, 0.3) is 0 Å². The van der Waals surface area contributed by atoms with Crippen molar-refractivity contribution >= 4 is 32.8 Å². The average Bonchev–Trinajstić information content (AvgIpc) is 2.15. The van der Waals surface area contributed by atoms with Crippen molar-refractivity contribution in [3.05, 3.63) is 28.2 Å². The number of ether oxygens (including phenoxy) is 1. The molecule has 0 bridgehead atoms. The quantitative estimate of drug-likeness (QED) is 0.778. The maximum atomic E-state index is 12.3. The molecule has 0 aliphatic carbocycles. The molecule has 1 atom stereocenters. The minimum Gasteiger partial charge on any atom is -0.480 e. The standard InChI is InChI=1S/C10H7BrClF3O2/c1-5(10(13,14)15)17-8-4-6(11)2-3-7(8)9(12)16/h2-5H,1H3/t5-/m0/s1. The predicted octanol–water partition coefficient (Wildman–Crippen LogP) is 4.16. The highest BCUT2D eigenvalue weighted by atomic mass is 79.9. The minimum absolute atomic E-state index is 0.106. The number of rotatable bonds is 3. The lowest BCUT2D eigenvalue weighted by Crippen LogP contribution is -2.31. The number of hydrogen-bond donors (Lipinski definition) is 0. The molecule has 0 saturated carbocycles. The number of benzene rings is 1. The van der Waals surface area contributed by atoms with E-state index in [1.165, 1.54) is 18.2 Å². The Morgan fingerprint density at radius 2 is 2.06 bits per heavy atom. The molecule has 7 heteroatoms. The third-order valence-corrected chi connectivity index (χ3v) is 2.62. The van der Waals surface area contributed by atoms with Gasteiger partial charge in [0.15, 0.2) is 6.10 Å². The van der Waals surface area contributed by atoms with Crippen LogP contribution in [0.2, 0.25) is 0 Å². The van der Waals surface area contributed by atoms with E-state index in [2.05, 4.69) is 15.9 Å². The molecule has 1 aromatic rings. The Hall–Kier alpha value is -0.750. The van der Waals surface area contributed by atoms with Crippen molar-refractivity contribution in [3.63, 3.8) is 0 Å². The SMILES string of the molecule is C[C@H](Oc1cc(Br)ccc1C(=O)Cl)C(F)(F)F. The van der Waals surface area contributed by atoms with Gasteiger partial charge in [0.1, 0.15) is 5.75 Å². The van der Waals surface area contributed by atoms with E-state index in [-0.39, 0.29) is 11.3 Å². The van der Waals surface area contributed by atoms with Gasteiger partial charge in [0.25, 0.3) is 5.24 Å². The first kappa shape index (κ1) is 14.3. The van der Waals surface area contributed by atoms with Gasteiger partial charge in [0, 0.05) is 4.47 Å². The number of halogens is 5. The Balaban J connectivity index is 3.04. The summed E-state index contributed by atoms with van der Waals surface area (Å²) in [5, 5.41) is -0.873. The van der Waals surface area contributed by atoms with E-state index >= 15 is 0 Å². The summed E-state index contributed by atoms with van der Waals surface area (Å²) in [5.41, 5.74) is -0.106. The van der Waals surface area contributed by atoms with E-state index in [4.69, 9.17) is 16.3 Å². The first-order chi connectivity index (χ1) is 7.71. The van der Waals surface area contributed by atoms with Crippen molar-refractivity contribution in [2.75, 3.05) is 0 Å². The zero-order valence-corrected chi connectivity index (χ0v) is 10.9. The maximum Gasteiger partial charge on any atom is 0.425 e. The smallest absolute Gasteiger partial charge is 0.425 e. The van der Waals surface area contributed by atoms with Gasteiger partial charge < -0.3 is 4.74 Å². The molecule has 0 radical (unpaired) electrons. The summed E-state index contributed by atoms with van der Waals surface area (Å²) in [6, 6.07) is 4.04. The fraction of sp³-hybridized carbons (Fsp3) is 0.300. The molecule has 94 valence electrons. The fourth-order valence-corrected chi connectivity index (χ4v) is 1.51. The van der Waals surface area contributed by atoms with Gasteiger partial charge in [-0.15, -0.1) is 0 Å². The van der Waals surface area contributed by atoms with Crippen molar-refractivity contribution in [2.24, 2.45) is 0 Å². The molecular formula is C10H7BrClF3O2. The molecule has 0 amide bonds. The lowest BCUT2D eigenvalue weighted by atomic mass is 10.2. The monoisotopic (exact) mass is 330 g/mol. The Bertz CT molecular complexity index is 434. The summed E-state index contributed by atoms with van der Waals surface area (Å²) < 4.78 is 42.1. The molecule has 0 saturated heterocycles. The van der Waals surface area contributed by atoms with E-state index in [0.29, 0.717) is 4.47 Å². The van der Waals surface area contributed by atoms with Crippen LogP contribution in [0.4, 0.5) is 13.2 Å². The van der Waals surface area contributed by atoms with Gasteiger partial charge in [-0.1, -0.05) is 15.9 Å². The summed E-state index contributed by atoms with van der Waals surface area (Å²) >= 11 is 8.31. The summed E-state index contributed by atoms with van der Waals surface area (Å²) in [4.78, 5) is 11.0. The molecular weight excluding hydrogens is 324 g/mol. The van der Waals surface area contributed by atoms with Crippen LogP contribution < -0.4 is 4.74 Å². The predicted molar refractivity (Wildman–Crippen MR) is 60.5 cm³/mol. The highest BCUT2D eigenvalue weighted by Crippen LogP contribution is 2.30. The number of carbonyl (C=O) groups is 1. The maximum absolute atomic E-state index is 12.3. The van der Waals surface area contributed by atoms with Gasteiger partial charge in [-0.05, 0) is 36.7 Å². The molecule has 0 heterocycles. The van der Waals surface area contributed by atoms with Crippen LogP contribution >= 0.6 is 27.5 Å². The zero-order valence-electron chi connectivity index (χ0n) is 8.52. The summed E-state index contributed by atoms with van der Waals surface area (Å²) in [7, 11) is 0. The highest BCUT2D eigenvalue weighted by molar-refractivity contribution is 9.10. The van der Waals surface area contributed by atoms with Gasteiger partial charge >= 0.3 is 6.18 Å². The van der Waals surface area contributed by atoms with Crippen molar-refractivity contribution in [3.8, 4) is 5.75 Å². The van der Waals surface area contributed by atoms with E-state index in [1.807, 2.05) is 0 Å². The van der Waals surface area contributed by atoms with Crippen LogP contribution in [0.3, 0.4) is 0 Å². The molecule has 0 spiro atoms. The molecule has 0 aliphatic rings. The molecule has 0 aliphatic heterocycles. The fourth-order valence-electron chi connectivity index (χ4n) is 1.01. The van der Waals surface area contributed by atoms with Gasteiger partial charge in [-0.3, -0.25) is 4.79 Å². The average molecular weight is 332 g/mol. The van der Waals surface area contributed by atoms with Gasteiger partial charge in [0.2, 0.25) is 0 Å². The minimum atomic E-state index is -4.51.